The van der Waals surface area contributed by atoms with Crippen molar-refractivity contribution in [2.24, 2.45) is 5.92 Å². The number of likely N-dealkylation sites (tertiary alicyclic amines) is 1. The van der Waals surface area contributed by atoms with Gasteiger partial charge in [0.05, 0.1) is 23.5 Å². The van der Waals surface area contributed by atoms with Crippen LogP contribution in [0.3, 0.4) is 0 Å². The van der Waals surface area contributed by atoms with Crippen LogP contribution in [0.4, 0.5) is 10.5 Å². The van der Waals surface area contributed by atoms with E-state index in [1.807, 2.05) is 31.7 Å². The molecule has 0 bridgehead atoms. The van der Waals surface area contributed by atoms with Gasteiger partial charge in [0, 0.05) is 25.6 Å². The van der Waals surface area contributed by atoms with Crippen molar-refractivity contribution >= 4 is 27.7 Å². The molecule has 0 saturated carbocycles. The molecule has 7 heteroatoms. The van der Waals surface area contributed by atoms with Crippen LogP contribution in [0.2, 0.25) is 0 Å². The molecule has 0 aromatic carbocycles. The highest BCUT2D eigenvalue weighted by Crippen LogP contribution is 2.35. The number of aromatic nitrogens is 1. The van der Waals surface area contributed by atoms with Crippen molar-refractivity contribution in [3.63, 3.8) is 0 Å². The minimum Gasteiger partial charge on any atom is -0.444 e. The van der Waals surface area contributed by atoms with E-state index in [0.29, 0.717) is 16.1 Å². The van der Waals surface area contributed by atoms with Crippen LogP contribution in [0.5, 0.6) is 0 Å². The molecule has 2 atom stereocenters. The number of amides is 1. The summed E-state index contributed by atoms with van der Waals surface area (Å²) in [6.45, 7) is 8.03. The zero-order valence-corrected chi connectivity index (χ0v) is 15.7. The standard InChI is InChI=1S/C17H21BrN4O2/c1-17(2,3)24-16(23)22-5-4-11-9-21(10-14(11)22)13-6-12(7-19)15(18)20-8-13/h6,8,11,14H,4-5,9-10H2,1-3H3/t11-,14+/m1/s1. The first kappa shape index (κ1) is 17.0. The second-order valence-corrected chi connectivity index (χ2v) is 8.09. The third-order valence-corrected chi connectivity index (χ3v) is 5.12. The van der Waals surface area contributed by atoms with Crippen LogP contribution in [0.25, 0.3) is 0 Å². The van der Waals surface area contributed by atoms with E-state index in [9.17, 15) is 4.79 Å². The maximum Gasteiger partial charge on any atom is 0.410 e. The first-order chi connectivity index (χ1) is 11.3. The molecule has 1 aromatic rings. The van der Waals surface area contributed by atoms with Gasteiger partial charge in [-0.3, -0.25) is 0 Å². The molecule has 6 nitrogen and oxygen atoms in total. The lowest BCUT2D eigenvalue weighted by Crippen LogP contribution is -2.42. The van der Waals surface area contributed by atoms with Gasteiger partial charge in [-0.2, -0.15) is 5.26 Å². The Balaban J connectivity index is 1.73. The summed E-state index contributed by atoms with van der Waals surface area (Å²) in [6.07, 6.45) is 2.52. The lowest BCUT2D eigenvalue weighted by atomic mass is 10.1. The molecular formula is C17H21BrN4O2. The molecule has 2 fully saturated rings. The number of pyridine rings is 1. The SMILES string of the molecule is CC(C)(C)OC(=O)N1CC[C@@H]2CN(c3cnc(Br)c(C#N)c3)C[C@@H]21. The lowest BCUT2D eigenvalue weighted by Gasteiger charge is -2.29. The van der Waals surface area contributed by atoms with Gasteiger partial charge >= 0.3 is 6.09 Å². The summed E-state index contributed by atoms with van der Waals surface area (Å²) in [7, 11) is 0. The smallest absolute Gasteiger partial charge is 0.410 e. The van der Waals surface area contributed by atoms with Gasteiger partial charge in [0.1, 0.15) is 16.3 Å². The summed E-state index contributed by atoms with van der Waals surface area (Å²) < 4.78 is 6.09. The number of rotatable bonds is 1. The molecule has 1 aromatic heterocycles. The van der Waals surface area contributed by atoms with E-state index in [0.717, 1.165) is 31.7 Å². The number of hydrogen-bond acceptors (Lipinski definition) is 5. The number of fused-ring (bicyclic) bond motifs is 1. The fourth-order valence-electron chi connectivity index (χ4n) is 3.41. The van der Waals surface area contributed by atoms with Gasteiger partial charge in [0.2, 0.25) is 0 Å². The summed E-state index contributed by atoms with van der Waals surface area (Å²) in [5.74, 6) is 0.437. The fraction of sp³-hybridized carbons (Fsp3) is 0.588. The first-order valence-corrected chi connectivity index (χ1v) is 8.88. The molecule has 0 spiro atoms. The molecule has 3 heterocycles. The molecule has 2 aliphatic rings. The van der Waals surface area contributed by atoms with Crippen molar-refractivity contribution < 1.29 is 9.53 Å². The topological polar surface area (TPSA) is 69.5 Å². The largest absolute Gasteiger partial charge is 0.444 e. The van der Waals surface area contributed by atoms with E-state index in [1.165, 1.54) is 0 Å². The molecule has 0 radical (unpaired) electrons. The first-order valence-electron chi connectivity index (χ1n) is 8.08. The molecule has 3 rings (SSSR count). The maximum atomic E-state index is 12.4. The van der Waals surface area contributed by atoms with Crippen molar-refractivity contribution in [3.05, 3.63) is 22.4 Å². The van der Waals surface area contributed by atoms with Crippen molar-refractivity contribution in [3.8, 4) is 6.07 Å². The zero-order chi connectivity index (χ0) is 17.5. The minimum atomic E-state index is -0.481. The van der Waals surface area contributed by atoms with E-state index in [1.54, 1.807) is 6.20 Å². The number of carbonyl (C=O) groups is 1. The Morgan fingerprint density at radius 3 is 2.88 bits per heavy atom. The van der Waals surface area contributed by atoms with Gasteiger partial charge in [0.25, 0.3) is 0 Å². The predicted molar refractivity (Wildman–Crippen MR) is 93.7 cm³/mol. The average Bonchev–Trinajstić information content (AvgIpc) is 3.05. The maximum absolute atomic E-state index is 12.4. The second kappa shape index (κ2) is 6.25. The van der Waals surface area contributed by atoms with Crippen molar-refractivity contribution in [2.45, 2.75) is 38.8 Å². The third kappa shape index (κ3) is 3.34. The van der Waals surface area contributed by atoms with Gasteiger partial charge in [0.15, 0.2) is 0 Å². The van der Waals surface area contributed by atoms with Gasteiger partial charge < -0.3 is 14.5 Å². The quantitative estimate of drug-likeness (QED) is 0.686. The molecule has 128 valence electrons. The molecule has 2 saturated heterocycles. The zero-order valence-electron chi connectivity index (χ0n) is 14.1. The van der Waals surface area contributed by atoms with Crippen LogP contribution >= 0.6 is 15.9 Å². The Kier molecular flexibility index (Phi) is 4.43. The molecule has 0 aliphatic carbocycles. The normalized spacial score (nSPS) is 23.1. The molecule has 0 N–H and O–H groups in total. The van der Waals surface area contributed by atoms with Crippen molar-refractivity contribution in [1.82, 2.24) is 9.88 Å². The summed E-state index contributed by atoms with van der Waals surface area (Å²) in [5, 5.41) is 9.16. The number of hydrogen-bond donors (Lipinski definition) is 0. The van der Waals surface area contributed by atoms with Gasteiger partial charge in [-0.05, 0) is 49.2 Å². The number of carbonyl (C=O) groups excluding carboxylic acids is 1. The monoisotopic (exact) mass is 392 g/mol. The van der Waals surface area contributed by atoms with Crippen molar-refractivity contribution in [2.75, 3.05) is 24.5 Å². The fourth-order valence-corrected chi connectivity index (χ4v) is 3.71. The predicted octanol–water partition coefficient (Wildman–Crippen LogP) is 3.16. The van der Waals surface area contributed by atoms with E-state index < -0.39 is 5.60 Å². The molecule has 24 heavy (non-hydrogen) atoms. The average molecular weight is 393 g/mol. The third-order valence-electron chi connectivity index (χ3n) is 4.49. The van der Waals surface area contributed by atoms with Crippen LogP contribution in [0.1, 0.15) is 32.8 Å². The van der Waals surface area contributed by atoms with Gasteiger partial charge in [-0.15, -0.1) is 0 Å². The van der Waals surface area contributed by atoms with Crippen LogP contribution in [0.15, 0.2) is 16.9 Å². The second-order valence-electron chi connectivity index (χ2n) is 7.34. The summed E-state index contributed by atoms with van der Waals surface area (Å²) in [6, 6.07) is 4.15. The number of halogens is 1. The number of ether oxygens (including phenoxy) is 1. The Bertz CT molecular complexity index is 695. The van der Waals surface area contributed by atoms with Crippen LogP contribution in [0, 0.1) is 17.2 Å². The molecule has 1 amide bonds. The Morgan fingerprint density at radius 1 is 1.46 bits per heavy atom. The Morgan fingerprint density at radius 2 is 2.21 bits per heavy atom. The molecule has 2 aliphatic heterocycles. The van der Waals surface area contributed by atoms with Crippen LogP contribution in [-0.4, -0.2) is 47.3 Å². The van der Waals surface area contributed by atoms with Crippen LogP contribution < -0.4 is 4.90 Å². The van der Waals surface area contributed by atoms with Gasteiger partial charge in [-0.1, -0.05) is 0 Å². The summed E-state index contributed by atoms with van der Waals surface area (Å²) in [4.78, 5) is 20.7. The molecular weight excluding hydrogens is 372 g/mol. The highest BCUT2D eigenvalue weighted by atomic mass is 79.9. The number of anilines is 1. The summed E-state index contributed by atoms with van der Waals surface area (Å²) >= 11 is 3.28. The van der Waals surface area contributed by atoms with Crippen LogP contribution in [-0.2, 0) is 4.74 Å². The Hall–Kier alpha value is -1.81. The van der Waals surface area contributed by atoms with E-state index in [-0.39, 0.29) is 12.1 Å². The van der Waals surface area contributed by atoms with E-state index in [4.69, 9.17) is 10.00 Å². The summed E-state index contributed by atoms with van der Waals surface area (Å²) in [5.41, 5.74) is 0.965. The Labute approximate surface area is 150 Å². The molecule has 0 unspecified atom stereocenters. The highest BCUT2D eigenvalue weighted by Gasteiger charge is 2.44. The van der Waals surface area contributed by atoms with E-state index in [2.05, 4.69) is 31.9 Å². The highest BCUT2D eigenvalue weighted by molar-refractivity contribution is 9.10. The number of nitriles is 1. The van der Waals surface area contributed by atoms with Gasteiger partial charge in [-0.25, -0.2) is 9.78 Å². The lowest BCUT2D eigenvalue weighted by molar-refractivity contribution is 0.0229. The number of nitrogens with zero attached hydrogens (tertiary/aromatic N) is 4. The minimum absolute atomic E-state index is 0.161. The van der Waals surface area contributed by atoms with E-state index >= 15 is 0 Å². The van der Waals surface area contributed by atoms with Crippen molar-refractivity contribution in [1.29, 1.82) is 5.26 Å².